The molecular formula is C21H33N3O4S. The number of carbonyl (C=O) groups excluding carboxylic acids is 1. The molecule has 1 aliphatic heterocycles. The molecule has 0 bridgehead atoms. The normalized spacial score (nSPS) is 25.6. The Bertz CT molecular complexity index is 713. The lowest BCUT2D eigenvalue weighted by molar-refractivity contribution is -0.141. The van der Waals surface area contributed by atoms with E-state index in [0.29, 0.717) is 6.42 Å². The van der Waals surface area contributed by atoms with Gasteiger partial charge < -0.3 is 15.0 Å². The second-order valence-corrected chi connectivity index (χ2v) is 8.74. The molecule has 29 heavy (non-hydrogen) atoms. The number of hydrazine groups is 1. The van der Waals surface area contributed by atoms with Gasteiger partial charge in [-0.25, -0.2) is 14.2 Å². The summed E-state index contributed by atoms with van der Waals surface area (Å²) in [5.74, 6) is -0.348. The molecule has 3 N–H and O–H groups in total. The highest BCUT2D eigenvalue weighted by molar-refractivity contribution is 7.80. The third-order valence-electron chi connectivity index (χ3n) is 5.27. The molecule has 0 spiro atoms. The van der Waals surface area contributed by atoms with Crippen LogP contribution < -0.4 is 5.32 Å². The van der Waals surface area contributed by atoms with E-state index < -0.39 is 34.5 Å². The van der Waals surface area contributed by atoms with Gasteiger partial charge >= 0.3 is 0 Å². The van der Waals surface area contributed by atoms with E-state index in [0.717, 1.165) is 18.4 Å². The highest BCUT2D eigenvalue weighted by atomic mass is 32.2. The molecule has 8 heteroatoms. The standard InChI is InChI=1S/C21H33N3O4S/c1-5-6-12-18(25)17-13-14-19(29(27)28)20(24(17)23(3)4)21(26)22-15(2)16-10-8-7-9-11-16/h7-11,13-15,17-20,25H,5-6,12H2,1-4H3,(H,22,26)(H,27,28)/t15-,17+,18+,19+,20-/m1/s1. The molecule has 0 aromatic heterocycles. The fourth-order valence-electron chi connectivity index (χ4n) is 3.73. The molecule has 1 aromatic carbocycles. The number of hydrogen-bond donors (Lipinski definition) is 3. The van der Waals surface area contributed by atoms with Crippen LogP contribution in [-0.4, -0.2) is 67.3 Å². The number of benzene rings is 1. The van der Waals surface area contributed by atoms with E-state index in [-0.39, 0.29) is 11.9 Å². The third-order valence-corrected chi connectivity index (χ3v) is 6.15. The molecule has 1 amide bonds. The molecule has 0 fully saturated rings. The molecule has 1 aromatic rings. The van der Waals surface area contributed by atoms with Crippen molar-refractivity contribution in [2.24, 2.45) is 0 Å². The predicted octanol–water partition coefficient (Wildman–Crippen LogP) is 2.09. The molecule has 162 valence electrons. The van der Waals surface area contributed by atoms with E-state index in [1.165, 1.54) is 0 Å². The van der Waals surface area contributed by atoms with E-state index in [9.17, 15) is 18.7 Å². The Morgan fingerprint density at radius 3 is 2.48 bits per heavy atom. The number of aliphatic hydroxyl groups excluding tert-OH is 1. The molecule has 0 aliphatic carbocycles. The first-order valence-electron chi connectivity index (χ1n) is 10.0. The van der Waals surface area contributed by atoms with Gasteiger partial charge in [-0.3, -0.25) is 4.79 Å². The maximum atomic E-state index is 13.3. The van der Waals surface area contributed by atoms with Crippen LogP contribution in [0.1, 0.15) is 44.7 Å². The van der Waals surface area contributed by atoms with Gasteiger partial charge in [0, 0.05) is 14.1 Å². The van der Waals surface area contributed by atoms with Crippen LogP contribution in [0, 0.1) is 0 Å². The van der Waals surface area contributed by atoms with Gasteiger partial charge in [0.2, 0.25) is 5.91 Å². The predicted molar refractivity (Wildman–Crippen MR) is 115 cm³/mol. The van der Waals surface area contributed by atoms with Gasteiger partial charge in [-0.05, 0) is 18.9 Å². The minimum absolute atomic E-state index is 0.255. The zero-order chi connectivity index (χ0) is 21.6. The Kier molecular flexibility index (Phi) is 8.98. The summed E-state index contributed by atoms with van der Waals surface area (Å²) in [7, 11) is 3.55. The van der Waals surface area contributed by atoms with Crippen LogP contribution in [0.15, 0.2) is 42.5 Å². The maximum absolute atomic E-state index is 13.3. The quantitative estimate of drug-likeness (QED) is 0.416. The Morgan fingerprint density at radius 1 is 1.28 bits per heavy atom. The number of nitrogens with one attached hydrogen (secondary N) is 1. The number of rotatable bonds is 9. The van der Waals surface area contributed by atoms with Crippen molar-refractivity contribution in [3.63, 3.8) is 0 Å². The van der Waals surface area contributed by atoms with Gasteiger partial charge in [0.25, 0.3) is 0 Å². The maximum Gasteiger partial charge on any atom is 0.240 e. The summed E-state index contributed by atoms with van der Waals surface area (Å²) in [5, 5.41) is 16.2. The highest BCUT2D eigenvalue weighted by Gasteiger charge is 2.44. The lowest BCUT2D eigenvalue weighted by atomic mass is 9.96. The lowest BCUT2D eigenvalue weighted by Crippen LogP contribution is -2.65. The highest BCUT2D eigenvalue weighted by Crippen LogP contribution is 2.26. The molecule has 6 atom stereocenters. The Morgan fingerprint density at radius 2 is 1.93 bits per heavy atom. The van der Waals surface area contributed by atoms with Crippen molar-refractivity contribution in [1.82, 2.24) is 15.3 Å². The summed E-state index contributed by atoms with van der Waals surface area (Å²) in [6.07, 6.45) is 5.07. The molecule has 0 saturated carbocycles. The number of aliphatic hydroxyl groups is 1. The Labute approximate surface area is 176 Å². The van der Waals surface area contributed by atoms with E-state index in [4.69, 9.17) is 0 Å². The summed E-state index contributed by atoms with van der Waals surface area (Å²) in [6, 6.07) is 7.95. The van der Waals surface area contributed by atoms with Crippen LogP contribution in [0.2, 0.25) is 0 Å². The zero-order valence-corrected chi connectivity index (χ0v) is 18.4. The van der Waals surface area contributed by atoms with E-state index >= 15 is 0 Å². The Hall–Kier alpha value is -1.58. The van der Waals surface area contributed by atoms with Crippen LogP contribution in [0.3, 0.4) is 0 Å². The fourth-order valence-corrected chi connectivity index (χ4v) is 4.42. The lowest BCUT2D eigenvalue weighted by Gasteiger charge is -2.46. The number of unbranched alkanes of at least 4 members (excludes halogenated alkanes) is 1. The summed E-state index contributed by atoms with van der Waals surface area (Å²) in [6.45, 7) is 3.93. The van der Waals surface area contributed by atoms with Gasteiger partial charge in [-0.1, -0.05) is 62.2 Å². The van der Waals surface area contributed by atoms with Crippen molar-refractivity contribution in [3.05, 3.63) is 48.0 Å². The van der Waals surface area contributed by atoms with Crippen molar-refractivity contribution in [1.29, 1.82) is 0 Å². The van der Waals surface area contributed by atoms with Crippen LogP contribution in [0.4, 0.5) is 0 Å². The second kappa shape index (κ2) is 11.0. The largest absolute Gasteiger partial charge is 0.391 e. The van der Waals surface area contributed by atoms with E-state index in [1.807, 2.05) is 37.3 Å². The van der Waals surface area contributed by atoms with Gasteiger partial charge in [0.05, 0.1) is 18.2 Å². The summed E-state index contributed by atoms with van der Waals surface area (Å²) in [5.41, 5.74) is 0.949. The first kappa shape index (κ1) is 23.7. The van der Waals surface area contributed by atoms with Crippen molar-refractivity contribution in [3.8, 4) is 0 Å². The average molecular weight is 424 g/mol. The second-order valence-electron chi connectivity index (χ2n) is 7.64. The van der Waals surface area contributed by atoms with E-state index in [1.54, 1.807) is 36.3 Å². The summed E-state index contributed by atoms with van der Waals surface area (Å²) in [4.78, 5) is 13.3. The van der Waals surface area contributed by atoms with Gasteiger partial charge in [-0.2, -0.15) is 0 Å². The fraction of sp³-hybridized carbons (Fsp3) is 0.571. The van der Waals surface area contributed by atoms with Crippen molar-refractivity contribution >= 4 is 17.0 Å². The van der Waals surface area contributed by atoms with Crippen molar-refractivity contribution < 1.29 is 18.7 Å². The smallest absolute Gasteiger partial charge is 0.240 e. The van der Waals surface area contributed by atoms with Crippen LogP contribution in [0.5, 0.6) is 0 Å². The number of hydrogen-bond acceptors (Lipinski definition) is 5. The van der Waals surface area contributed by atoms with Crippen LogP contribution >= 0.6 is 0 Å². The van der Waals surface area contributed by atoms with Gasteiger partial charge in [0.1, 0.15) is 11.3 Å². The first-order chi connectivity index (χ1) is 13.8. The van der Waals surface area contributed by atoms with Crippen molar-refractivity contribution in [2.45, 2.75) is 62.6 Å². The number of carbonyl (C=O) groups is 1. The van der Waals surface area contributed by atoms with Crippen molar-refractivity contribution in [2.75, 3.05) is 14.1 Å². The van der Waals surface area contributed by atoms with E-state index in [2.05, 4.69) is 12.2 Å². The molecule has 0 radical (unpaired) electrons. The minimum Gasteiger partial charge on any atom is -0.391 e. The molecule has 1 aliphatic rings. The SMILES string of the molecule is CCCC[C@H](O)[C@@H]1C=C[C@H](S(=O)O)[C@H](C(=O)N[C@H](C)c2ccccc2)N1N(C)C. The third kappa shape index (κ3) is 5.96. The average Bonchev–Trinajstić information content (AvgIpc) is 2.71. The summed E-state index contributed by atoms with van der Waals surface area (Å²) < 4.78 is 21.9. The molecule has 2 rings (SSSR count). The first-order valence-corrected chi connectivity index (χ1v) is 11.2. The number of nitrogens with zero attached hydrogens (tertiary/aromatic N) is 2. The molecule has 1 unspecified atom stereocenters. The summed E-state index contributed by atoms with van der Waals surface area (Å²) >= 11 is -2.23. The zero-order valence-electron chi connectivity index (χ0n) is 17.6. The molecule has 1 heterocycles. The molecule has 7 nitrogen and oxygen atoms in total. The van der Waals surface area contributed by atoms with Crippen LogP contribution in [-0.2, 0) is 15.9 Å². The van der Waals surface area contributed by atoms with Crippen LogP contribution in [0.25, 0.3) is 0 Å². The topological polar surface area (TPSA) is 93.1 Å². The minimum atomic E-state index is -2.23. The molecular weight excluding hydrogens is 390 g/mol. The molecule has 0 saturated heterocycles. The van der Waals surface area contributed by atoms with Gasteiger partial charge in [-0.15, -0.1) is 0 Å². The number of amides is 1. The Balaban J connectivity index is 2.31. The monoisotopic (exact) mass is 423 g/mol. The van der Waals surface area contributed by atoms with Gasteiger partial charge in [0.15, 0.2) is 11.1 Å².